The van der Waals surface area contributed by atoms with Crippen molar-refractivity contribution >= 4 is 57.4 Å². The van der Waals surface area contributed by atoms with E-state index in [0.717, 1.165) is 22.3 Å². The topological polar surface area (TPSA) is 198 Å². The highest BCUT2D eigenvalue weighted by molar-refractivity contribution is 6.63. The molecule has 0 unspecified atom stereocenters. The van der Waals surface area contributed by atoms with E-state index in [-0.39, 0.29) is 17.6 Å². The number of aliphatic hydroxyl groups is 1. The van der Waals surface area contributed by atoms with Crippen molar-refractivity contribution in [1.82, 2.24) is 20.4 Å². The molecule has 0 fully saturated rings. The minimum atomic E-state index is -0.729. The van der Waals surface area contributed by atoms with E-state index in [0.29, 0.717) is 86.5 Å². The Balaban J connectivity index is 0.000000259. The predicted octanol–water partition coefficient (Wildman–Crippen LogP) is 11.8. The van der Waals surface area contributed by atoms with Gasteiger partial charge in [0.15, 0.2) is 0 Å². The molecule has 4 atom stereocenters. The van der Waals surface area contributed by atoms with Crippen LogP contribution in [0.1, 0.15) is 97.5 Å². The molecule has 0 saturated heterocycles. The number of aliphatic hydroxyl groups excluding tert-OH is 1. The zero-order valence-electron chi connectivity index (χ0n) is 36.3. The van der Waals surface area contributed by atoms with Gasteiger partial charge in [-0.2, -0.15) is 10.5 Å². The number of nitrogens with zero attached hydrogens (tertiary/aromatic N) is 8. The molecule has 17 heteroatoms. The van der Waals surface area contributed by atoms with E-state index in [1.54, 1.807) is 88.4 Å². The van der Waals surface area contributed by atoms with E-state index in [1.807, 2.05) is 26.0 Å². The largest absolute Gasteiger partial charge is 0.462 e. The second-order valence-electron chi connectivity index (χ2n) is 14.5. The van der Waals surface area contributed by atoms with Gasteiger partial charge in [0.25, 0.3) is 0 Å². The standard InChI is InChI=1S/C24H21ClN4O3.C21H17ClN4O2.C3H5ClO/c1-5-21(30)31-15(3)19(12-18-10-11-20(27-4)22(25)14(18)2)24-29-28-23(32-24)17-8-6-16(13-26)7-9-17;1-12-16(8-9-18(24-3)19(12)22)10-17(13(2)27)21-26-25-20(28-21)15-6-4-14(11-23)5-7-15;1-2-3(4)5/h6-11,15,19H,5,12H2,1-3H3;4-9,13,17,27H,10H2,1-2H3;2H2,1H3/t15-,19+;13-,17+;/m00./s1. The summed E-state index contributed by atoms with van der Waals surface area (Å²) in [6.45, 7) is 25.0. The van der Waals surface area contributed by atoms with Gasteiger partial charge >= 0.3 is 5.97 Å². The number of hydrogen-bond acceptors (Lipinski definition) is 12. The van der Waals surface area contributed by atoms with Crippen molar-refractivity contribution in [3.63, 3.8) is 0 Å². The quantitative estimate of drug-likeness (QED) is 0.0654. The van der Waals surface area contributed by atoms with Crippen LogP contribution < -0.4 is 0 Å². The number of carbonyl (C=O) groups is 2. The Morgan fingerprint density at radius 2 is 1.11 bits per heavy atom. The van der Waals surface area contributed by atoms with Crippen LogP contribution in [0.5, 0.6) is 0 Å². The molecule has 1 N–H and O–H groups in total. The number of benzene rings is 4. The van der Waals surface area contributed by atoms with E-state index in [1.165, 1.54) is 0 Å². The molecule has 2 aromatic heterocycles. The van der Waals surface area contributed by atoms with Crippen molar-refractivity contribution in [3.05, 3.63) is 151 Å². The third-order valence-electron chi connectivity index (χ3n) is 10.1. The third kappa shape index (κ3) is 13.5. The summed E-state index contributed by atoms with van der Waals surface area (Å²) < 4.78 is 17.3. The van der Waals surface area contributed by atoms with E-state index in [2.05, 4.69) is 42.2 Å². The first-order valence-corrected chi connectivity index (χ1v) is 21.3. The maximum atomic E-state index is 11.9. The fourth-order valence-electron chi connectivity index (χ4n) is 6.18. The summed E-state index contributed by atoms with van der Waals surface area (Å²) in [7, 11) is 0. The van der Waals surface area contributed by atoms with Crippen LogP contribution in [0.25, 0.3) is 32.6 Å². The highest BCUT2D eigenvalue weighted by atomic mass is 35.5. The van der Waals surface area contributed by atoms with Gasteiger partial charge in [0.1, 0.15) is 6.10 Å². The average Bonchev–Trinajstić information content (AvgIpc) is 4.02. The number of aromatic nitrogens is 4. The second-order valence-corrected chi connectivity index (χ2v) is 15.7. The van der Waals surface area contributed by atoms with Crippen LogP contribution in [0.4, 0.5) is 11.4 Å². The highest BCUT2D eigenvalue weighted by Crippen LogP contribution is 2.36. The van der Waals surface area contributed by atoms with E-state index in [4.69, 9.17) is 72.0 Å². The first-order chi connectivity index (χ1) is 31.1. The number of nitriles is 2. The number of esters is 1. The molecule has 0 bridgehead atoms. The van der Waals surface area contributed by atoms with Crippen molar-refractivity contribution in [2.24, 2.45) is 0 Å². The zero-order chi connectivity index (χ0) is 47.8. The molecule has 0 spiro atoms. The Kier molecular flexibility index (Phi) is 18.9. The van der Waals surface area contributed by atoms with Crippen LogP contribution in [0, 0.1) is 49.7 Å². The summed E-state index contributed by atoms with van der Waals surface area (Å²) in [4.78, 5) is 28.3. The lowest BCUT2D eigenvalue weighted by Crippen LogP contribution is -2.24. The maximum absolute atomic E-state index is 11.9. The summed E-state index contributed by atoms with van der Waals surface area (Å²) in [6.07, 6.45) is 0.292. The molecule has 0 radical (unpaired) electrons. The smallest absolute Gasteiger partial charge is 0.305 e. The minimum Gasteiger partial charge on any atom is -0.462 e. The zero-order valence-corrected chi connectivity index (χ0v) is 38.5. The van der Waals surface area contributed by atoms with E-state index >= 15 is 0 Å². The Morgan fingerprint density at radius 3 is 1.46 bits per heavy atom. The lowest BCUT2D eigenvalue weighted by atomic mass is 9.92. The number of rotatable bonds is 13. The van der Waals surface area contributed by atoms with Gasteiger partial charge in [0, 0.05) is 24.0 Å². The lowest BCUT2D eigenvalue weighted by molar-refractivity contribution is -0.149. The molecule has 0 aliphatic carbocycles. The number of hydrogen-bond donors (Lipinski definition) is 1. The van der Waals surface area contributed by atoms with Gasteiger partial charge in [-0.05, 0) is 123 Å². The molecule has 4 aromatic carbocycles. The molecule has 0 aliphatic heterocycles. The monoisotopic (exact) mass is 932 g/mol. The molecular formula is C48H43Cl3N8O6. The Hall–Kier alpha value is -6.91. The van der Waals surface area contributed by atoms with Gasteiger partial charge in [-0.25, -0.2) is 9.69 Å². The van der Waals surface area contributed by atoms with E-state index < -0.39 is 24.0 Å². The van der Waals surface area contributed by atoms with Crippen molar-refractivity contribution in [1.29, 1.82) is 10.5 Å². The first kappa shape index (κ1) is 50.7. The van der Waals surface area contributed by atoms with Gasteiger partial charge in [-0.3, -0.25) is 9.59 Å². The van der Waals surface area contributed by atoms with Crippen LogP contribution in [0.2, 0.25) is 10.0 Å². The third-order valence-corrected chi connectivity index (χ3v) is 11.4. The first-order valence-electron chi connectivity index (χ1n) is 20.1. The number of carbonyl (C=O) groups excluding carboxylic acids is 2. The second kappa shape index (κ2) is 24.2. The maximum Gasteiger partial charge on any atom is 0.305 e. The number of ether oxygens (including phenoxy) is 1. The molecule has 0 aliphatic rings. The summed E-state index contributed by atoms with van der Waals surface area (Å²) in [6, 6.07) is 24.8. The molecular weight excluding hydrogens is 891 g/mol. The van der Waals surface area contributed by atoms with Crippen LogP contribution in [-0.4, -0.2) is 48.9 Å². The summed E-state index contributed by atoms with van der Waals surface area (Å²) >= 11 is 17.4. The molecule has 65 heavy (non-hydrogen) atoms. The SMILES string of the molecule is CCC(=O)Cl.[C-]#[N+]c1ccc(C[C@@H](c2nnc(-c3ccc(C#N)cc3)o2)[C@H](C)O)c(C)c1Cl.[C-]#[N+]c1ccc(C[C@@H](c2nnc(-c3ccc(C#N)cc3)o2)[C@H](C)OC(=O)CC)c(C)c1Cl. The molecule has 0 amide bonds. The molecule has 14 nitrogen and oxygen atoms in total. The van der Waals surface area contributed by atoms with Crippen molar-refractivity contribution < 1.29 is 28.3 Å². The molecule has 6 rings (SSSR count). The fourth-order valence-corrected chi connectivity index (χ4v) is 6.63. The Morgan fingerprint density at radius 1 is 0.708 bits per heavy atom. The van der Waals surface area contributed by atoms with Gasteiger partial charge < -0.3 is 18.7 Å². The van der Waals surface area contributed by atoms with Crippen LogP contribution in [0.15, 0.2) is 81.6 Å². The minimum absolute atomic E-state index is 0.252. The predicted molar refractivity (Wildman–Crippen MR) is 245 cm³/mol. The fraction of sp³-hybridized carbons (Fsp3) is 0.292. The van der Waals surface area contributed by atoms with Crippen LogP contribution >= 0.6 is 34.8 Å². The summed E-state index contributed by atoms with van der Waals surface area (Å²) in [5.41, 5.74) is 6.61. The van der Waals surface area contributed by atoms with Crippen molar-refractivity contribution in [2.45, 2.75) is 91.3 Å². The van der Waals surface area contributed by atoms with Crippen molar-refractivity contribution in [3.8, 4) is 35.0 Å². The van der Waals surface area contributed by atoms with Crippen molar-refractivity contribution in [2.75, 3.05) is 0 Å². The normalized spacial score (nSPS) is 12.2. The lowest BCUT2D eigenvalue weighted by Gasteiger charge is -2.22. The summed E-state index contributed by atoms with van der Waals surface area (Å²) in [5, 5.41) is 45.3. The van der Waals surface area contributed by atoms with Gasteiger partial charge in [-0.1, -0.05) is 61.3 Å². The molecule has 2 heterocycles. The molecule has 6 aromatic rings. The Labute approximate surface area is 392 Å². The van der Waals surface area contributed by atoms with Gasteiger partial charge in [-0.15, -0.1) is 20.4 Å². The van der Waals surface area contributed by atoms with Gasteiger partial charge in [0.05, 0.1) is 64.4 Å². The summed E-state index contributed by atoms with van der Waals surface area (Å²) in [5.74, 6) is 0.105. The molecule has 332 valence electrons. The Bertz CT molecular complexity index is 2780. The van der Waals surface area contributed by atoms with Gasteiger partial charge in [0.2, 0.25) is 40.2 Å². The highest BCUT2D eigenvalue weighted by Gasteiger charge is 2.30. The average molecular weight is 934 g/mol. The van der Waals surface area contributed by atoms with E-state index in [9.17, 15) is 14.7 Å². The van der Waals surface area contributed by atoms with Crippen LogP contribution in [-0.2, 0) is 27.2 Å². The van der Waals surface area contributed by atoms with Crippen LogP contribution in [0.3, 0.4) is 0 Å². The number of halogens is 3. The molecule has 0 saturated carbocycles.